The Morgan fingerprint density at radius 2 is 1.71 bits per heavy atom. The standard InChI is InChI=1S/C17H17IN2O/c18-13-6-8-14(9-7-13)19-16(12-4-2-1-3-5-12)17(21)20-15-10-11-15/h1-9,15-16,19H,10-11H2,(H,20,21)/t16-/m0/s1. The van der Waals surface area contributed by atoms with Crippen LogP contribution < -0.4 is 10.6 Å². The molecule has 0 heterocycles. The largest absolute Gasteiger partial charge is 0.370 e. The van der Waals surface area contributed by atoms with Gasteiger partial charge in [0.15, 0.2) is 0 Å². The SMILES string of the molecule is O=C(NC1CC1)[C@@H](Nc1ccc(I)cc1)c1ccccc1. The summed E-state index contributed by atoms with van der Waals surface area (Å²) in [7, 11) is 0. The van der Waals surface area contributed by atoms with E-state index in [1.54, 1.807) is 0 Å². The minimum Gasteiger partial charge on any atom is -0.370 e. The molecule has 21 heavy (non-hydrogen) atoms. The van der Waals surface area contributed by atoms with Gasteiger partial charge in [-0.05, 0) is 65.3 Å². The van der Waals surface area contributed by atoms with Crippen molar-refractivity contribution >= 4 is 34.2 Å². The van der Waals surface area contributed by atoms with Gasteiger partial charge >= 0.3 is 0 Å². The molecular formula is C17H17IN2O. The topological polar surface area (TPSA) is 41.1 Å². The Morgan fingerprint density at radius 1 is 1.05 bits per heavy atom. The summed E-state index contributed by atoms with van der Waals surface area (Å²) < 4.78 is 1.18. The molecule has 4 heteroatoms. The van der Waals surface area contributed by atoms with Crippen LogP contribution in [0.2, 0.25) is 0 Å². The number of rotatable bonds is 5. The number of benzene rings is 2. The second-order valence-corrected chi connectivity index (χ2v) is 6.52. The number of hydrogen-bond acceptors (Lipinski definition) is 2. The zero-order valence-electron chi connectivity index (χ0n) is 11.6. The molecule has 1 aliphatic rings. The van der Waals surface area contributed by atoms with Gasteiger partial charge in [0.2, 0.25) is 5.91 Å². The van der Waals surface area contributed by atoms with Gasteiger partial charge in [0.25, 0.3) is 0 Å². The fourth-order valence-electron chi connectivity index (χ4n) is 2.17. The van der Waals surface area contributed by atoms with Gasteiger partial charge in [0.05, 0.1) is 0 Å². The smallest absolute Gasteiger partial charge is 0.247 e. The molecule has 1 atom stereocenters. The molecule has 2 aromatic rings. The van der Waals surface area contributed by atoms with Crippen LogP contribution in [0.3, 0.4) is 0 Å². The van der Waals surface area contributed by atoms with E-state index in [1.807, 2.05) is 54.6 Å². The molecule has 1 fully saturated rings. The fraction of sp³-hybridized carbons (Fsp3) is 0.235. The molecular weight excluding hydrogens is 375 g/mol. The van der Waals surface area contributed by atoms with Crippen LogP contribution in [0.4, 0.5) is 5.69 Å². The van der Waals surface area contributed by atoms with Gasteiger partial charge in [-0.25, -0.2) is 0 Å². The lowest BCUT2D eigenvalue weighted by molar-refractivity contribution is -0.122. The second kappa shape index (κ2) is 6.47. The number of halogens is 1. The van der Waals surface area contributed by atoms with Gasteiger partial charge in [0, 0.05) is 15.3 Å². The first-order valence-electron chi connectivity index (χ1n) is 7.10. The summed E-state index contributed by atoms with van der Waals surface area (Å²) in [5.41, 5.74) is 1.93. The Labute approximate surface area is 138 Å². The van der Waals surface area contributed by atoms with Gasteiger partial charge in [-0.1, -0.05) is 30.3 Å². The number of nitrogens with one attached hydrogen (secondary N) is 2. The highest BCUT2D eigenvalue weighted by molar-refractivity contribution is 14.1. The van der Waals surface area contributed by atoms with Crippen molar-refractivity contribution < 1.29 is 4.79 Å². The number of carbonyl (C=O) groups excluding carboxylic acids is 1. The van der Waals surface area contributed by atoms with Crippen molar-refractivity contribution in [1.29, 1.82) is 0 Å². The first-order chi connectivity index (χ1) is 10.2. The van der Waals surface area contributed by atoms with E-state index in [2.05, 4.69) is 33.2 Å². The Morgan fingerprint density at radius 3 is 2.33 bits per heavy atom. The lowest BCUT2D eigenvalue weighted by Crippen LogP contribution is -2.34. The molecule has 1 amide bonds. The maximum Gasteiger partial charge on any atom is 0.247 e. The molecule has 0 unspecified atom stereocenters. The number of hydrogen-bond donors (Lipinski definition) is 2. The number of anilines is 1. The highest BCUT2D eigenvalue weighted by atomic mass is 127. The van der Waals surface area contributed by atoms with Crippen LogP contribution in [-0.4, -0.2) is 11.9 Å². The molecule has 1 saturated carbocycles. The minimum absolute atomic E-state index is 0.0437. The van der Waals surface area contributed by atoms with Crippen LogP contribution >= 0.6 is 22.6 Å². The third-order valence-corrected chi connectivity index (χ3v) is 4.19. The Kier molecular flexibility index (Phi) is 4.43. The predicted molar refractivity (Wildman–Crippen MR) is 93.1 cm³/mol. The van der Waals surface area contributed by atoms with Crippen LogP contribution in [0, 0.1) is 3.57 Å². The summed E-state index contributed by atoms with van der Waals surface area (Å²) in [6.45, 7) is 0. The zero-order valence-corrected chi connectivity index (χ0v) is 13.7. The molecule has 0 aromatic heterocycles. The second-order valence-electron chi connectivity index (χ2n) is 5.28. The zero-order chi connectivity index (χ0) is 14.7. The lowest BCUT2D eigenvalue weighted by atomic mass is 10.1. The first-order valence-corrected chi connectivity index (χ1v) is 8.18. The maximum absolute atomic E-state index is 12.5. The molecule has 0 spiro atoms. The average Bonchev–Trinajstić information content (AvgIpc) is 3.31. The quantitative estimate of drug-likeness (QED) is 0.762. The van der Waals surface area contributed by atoms with Crippen molar-refractivity contribution in [2.75, 3.05) is 5.32 Å². The molecule has 3 rings (SSSR count). The van der Waals surface area contributed by atoms with E-state index in [0.29, 0.717) is 6.04 Å². The van der Waals surface area contributed by atoms with Gasteiger partial charge in [0.1, 0.15) is 6.04 Å². The highest BCUT2D eigenvalue weighted by Crippen LogP contribution is 2.24. The Hall–Kier alpha value is -1.56. The molecule has 0 aliphatic heterocycles. The third-order valence-electron chi connectivity index (χ3n) is 3.47. The van der Waals surface area contributed by atoms with Crippen LogP contribution in [0.15, 0.2) is 54.6 Å². The molecule has 0 saturated heterocycles. The van der Waals surface area contributed by atoms with E-state index in [1.165, 1.54) is 3.57 Å². The predicted octanol–water partition coefficient (Wildman–Crippen LogP) is 3.72. The van der Waals surface area contributed by atoms with Crippen molar-refractivity contribution in [1.82, 2.24) is 5.32 Å². The van der Waals surface area contributed by atoms with Crippen molar-refractivity contribution in [3.05, 3.63) is 63.7 Å². The molecule has 2 N–H and O–H groups in total. The summed E-state index contributed by atoms with van der Waals surface area (Å²) in [5, 5.41) is 6.42. The lowest BCUT2D eigenvalue weighted by Gasteiger charge is -2.20. The van der Waals surface area contributed by atoms with Crippen LogP contribution in [0.5, 0.6) is 0 Å². The highest BCUT2D eigenvalue weighted by Gasteiger charge is 2.28. The van der Waals surface area contributed by atoms with E-state index in [9.17, 15) is 4.79 Å². The van der Waals surface area contributed by atoms with Crippen LogP contribution in [0.25, 0.3) is 0 Å². The van der Waals surface area contributed by atoms with Crippen LogP contribution in [0.1, 0.15) is 24.4 Å². The van der Waals surface area contributed by atoms with E-state index < -0.39 is 0 Å². The first kappa shape index (κ1) is 14.4. The normalized spacial score (nSPS) is 15.3. The van der Waals surface area contributed by atoms with E-state index in [0.717, 1.165) is 24.1 Å². The van der Waals surface area contributed by atoms with Crippen molar-refractivity contribution in [2.24, 2.45) is 0 Å². The van der Waals surface area contributed by atoms with Crippen molar-refractivity contribution in [3.63, 3.8) is 0 Å². The minimum atomic E-state index is -0.355. The van der Waals surface area contributed by atoms with Gasteiger partial charge in [-0.3, -0.25) is 4.79 Å². The molecule has 3 nitrogen and oxygen atoms in total. The third kappa shape index (κ3) is 3.97. The number of carbonyl (C=O) groups is 1. The van der Waals surface area contributed by atoms with E-state index >= 15 is 0 Å². The summed E-state index contributed by atoms with van der Waals surface area (Å²) in [6.07, 6.45) is 2.19. The van der Waals surface area contributed by atoms with Crippen LogP contribution in [-0.2, 0) is 4.79 Å². The number of amides is 1. The maximum atomic E-state index is 12.5. The van der Waals surface area contributed by atoms with Gasteiger partial charge in [-0.15, -0.1) is 0 Å². The molecule has 108 valence electrons. The average molecular weight is 392 g/mol. The van der Waals surface area contributed by atoms with Gasteiger partial charge < -0.3 is 10.6 Å². The summed E-state index contributed by atoms with van der Waals surface area (Å²) in [4.78, 5) is 12.5. The molecule has 0 radical (unpaired) electrons. The van der Waals surface area contributed by atoms with Crippen molar-refractivity contribution in [2.45, 2.75) is 24.9 Å². The summed E-state index contributed by atoms with van der Waals surface area (Å²) in [5.74, 6) is 0.0437. The van der Waals surface area contributed by atoms with Crippen molar-refractivity contribution in [3.8, 4) is 0 Å². The summed E-state index contributed by atoms with van der Waals surface area (Å²) in [6, 6.07) is 17.9. The van der Waals surface area contributed by atoms with E-state index in [-0.39, 0.29) is 11.9 Å². The Balaban J connectivity index is 1.80. The fourth-order valence-corrected chi connectivity index (χ4v) is 2.53. The molecule has 0 bridgehead atoms. The molecule has 2 aromatic carbocycles. The molecule has 1 aliphatic carbocycles. The van der Waals surface area contributed by atoms with E-state index in [4.69, 9.17) is 0 Å². The monoisotopic (exact) mass is 392 g/mol. The van der Waals surface area contributed by atoms with Gasteiger partial charge in [-0.2, -0.15) is 0 Å². The Bertz CT molecular complexity index is 608. The summed E-state index contributed by atoms with van der Waals surface area (Å²) >= 11 is 2.27.